The Hall–Kier alpha value is -2.50. The van der Waals surface area contributed by atoms with Crippen LogP contribution in [0.15, 0.2) is 48.5 Å². The van der Waals surface area contributed by atoms with Crippen LogP contribution in [0.25, 0.3) is 0 Å². The molecule has 6 heteroatoms. The van der Waals surface area contributed by atoms with Crippen LogP contribution in [0.5, 0.6) is 0 Å². The molecule has 22 heavy (non-hydrogen) atoms. The maximum absolute atomic E-state index is 12.6. The third-order valence-corrected chi connectivity index (χ3v) is 3.09. The van der Waals surface area contributed by atoms with Crippen molar-refractivity contribution in [3.63, 3.8) is 0 Å². The smallest absolute Gasteiger partial charge is 0.308 e. The predicted octanol–water partition coefficient (Wildman–Crippen LogP) is 4.91. The van der Waals surface area contributed by atoms with Crippen LogP contribution in [-0.4, -0.2) is 6.03 Å². The molecule has 0 saturated carbocycles. The second-order valence-electron chi connectivity index (χ2n) is 4.67. The Bertz CT molecular complexity index is 668. The van der Waals surface area contributed by atoms with E-state index in [4.69, 9.17) is 0 Å². The fourth-order valence-electron chi connectivity index (χ4n) is 2.01. The molecule has 0 fully saturated rings. The number of alkyl halides is 3. The molecule has 2 aromatic rings. The summed E-state index contributed by atoms with van der Waals surface area (Å²) < 4.78 is 37.9. The summed E-state index contributed by atoms with van der Waals surface area (Å²) >= 11 is 0. The second-order valence-corrected chi connectivity index (χ2v) is 4.67. The Morgan fingerprint density at radius 2 is 1.77 bits per heavy atom. The summed E-state index contributed by atoms with van der Waals surface area (Å²) in [4.78, 5) is 11.9. The van der Waals surface area contributed by atoms with Gasteiger partial charge in [-0.05, 0) is 36.2 Å². The number of rotatable bonds is 3. The van der Waals surface area contributed by atoms with Gasteiger partial charge in [0.25, 0.3) is 0 Å². The third kappa shape index (κ3) is 4.00. The van der Waals surface area contributed by atoms with Crippen molar-refractivity contribution in [1.29, 1.82) is 0 Å². The first-order valence-corrected chi connectivity index (χ1v) is 6.73. The lowest BCUT2D eigenvalue weighted by atomic mass is 10.1. The van der Waals surface area contributed by atoms with Crippen molar-refractivity contribution >= 4 is 17.4 Å². The van der Waals surface area contributed by atoms with Crippen LogP contribution in [0.3, 0.4) is 0 Å². The molecule has 2 amide bonds. The minimum absolute atomic E-state index is 0.0845. The van der Waals surface area contributed by atoms with Gasteiger partial charge in [-0.3, -0.25) is 0 Å². The highest BCUT2D eigenvalue weighted by Gasteiger charge is 2.30. The topological polar surface area (TPSA) is 41.1 Å². The quantitative estimate of drug-likeness (QED) is 0.831. The molecule has 0 bridgehead atoms. The molecule has 116 valence electrons. The first-order chi connectivity index (χ1) is 10.4. The highest BCUT2D eigenvalue weighted by molar-refractivity contribution is 6.00. The molecular formula is C16H15F3N2O. The van der Waals surface area contributed by atoms with Gasteiger partial charge in [-0.15, -0.1) is 0 Å². The molecule has 0 spiro atoms. The summed E-state index contributed by atoms with van der Waals surface area (Å²) in [6.07, 6.45) is -3.71. The molecule has 0 radical (unpaired) electrons. The van der Waals surface area contributed by atoms with Crippen LogP contribution in [0.4, 0.5) is 29.3 Å². The Kier molecular flexibility index (Phi) is 4.70. The summed E-state index contributed by atoms with van der Waals surface area (Å²) in [6.45, 7) is 1.95. The number of hydrogen-bond acceptors (Lipinski definition) is 1. The number of hydrogen-bond donors (Lipinski definition) is 2. The molecular weight excluding hydrogens is 293 g/mol. The van der Waals surface area contributed by atoms with Gasteiger partial charge in [0, 0.05) is 11.4 Å². The van der Waals surface area contributed by atoms with Crippen LogP contribution < -0.4 is 10.6 Å². The fourth-order valence-corrected chi connectivity index (χ4v) is 2.01. The van der Waals surface area contributed by atoms with Crippen LogP contribution in [0, 0.1) is 0 Å². The van der Waals surface area contributed by atoms with E-state index in [-0.39, 0.29) is 5.69 Å². The van der Waals surface area contributed by atoms with E-state index in [0.29, 0.717) is 5.69 Å². The zero-order valence-corrected chi connectivity index (χ0v) is 11.9. The van der Waals surface area contributed by atoms with E-state index in [0.717, 1.165) is 24.1 Å². The van der Waals surface area contributed by atoms with Crippen molar-refractivity contribution in [3.8, 4) is 0 Å². The molecule has 0 heterocycles. The van der Waals surface area contributed by atoms with E-state index >= 15 is 0 Å². The average molecular weight is 308 g/mol. The Balaban J connectivity index is 2.09. The molecule has 2 N–H and O–H groups in total. The number of nitrogens with one attached hydrogen (secondary N) is 2. The summed E-state index contributed by atoms with van der Waals surface area (Å²) in [5.74, 6) is 0. The lowest BCUT2D eigenvalue weighted by molar-refractivity contribution is -0.137. The lowest BCUT2D eigenvalue weighted by Crippen LogP contribution is -2.20. The van der Waals surface area contributed by atoms with Crippen LogP contribution in [-0.2, 0) is 12.6 Å². The van der Waals surface area contributed by atoms with Gasteiger partial charge in [0.1, 0.15) is 0 Å². The number of para-hydroxylation sites is 1. The zero-order valence-electron chi connectivity index (χ0n) is 11.9. The normalized spacial score (nSPS) is 11.1. The minimum Gasteiger partial charge on any atom is -0.308 e. The summed E-state index contributed by atoms with van der Waals surface area (Å²) in [5.41, 5.74) is 0.858. The van der Waals surface area contributed by atoms with Gasteiger partial charge < -0.3 is 10.6 Å². The first kappa shape index (κ1) is 15.9. The van der Waals surface area contributed by atoms with Crippen molar-refractivity contribution in [2.45, 2.75) is 19.5 Å². The van der Waals surface area contributed by atoms with Gasteiger partial charge in [0.15, 0.2) is 0 Å². The summed E-state index contributed by atoms with van der Waals surface area (Å²) in [6, 6.07) is 11.2. The van der Waals surface area contributed by atoms with Gasteiger partial charge in [-0.25, -0.2) is 4.79 Å². The minimum atomic E-state index is -4.44. The van der Waals surface area contributed by atoms with E-state index in [2.05, 4.69) is 10.6 Å². The molecule has 0 aliphatic heterocycles. The number of benzene rings is 2. The average Bonchev–Trinajstić information content (AvgIpc) is 2.47. The number of aryl methyl sites for hydroxylation is 1. The van der Waals surface area contributed by atoms with Crippen LogP contribution in [0.1, 0.15) is 18.1 Å². The second kappa shape index (κ2) is 6.51. The molecule has 0 aliphatic carbocycles. The fraction of sp³-hybridized carbons (Fsp3) is 0.188. The molecule has 2 aromatic carbocycles. The van der Waals surface area contributed by atoms with Gasteiger partial charge in [0.05, 0.1) is 5.56 Å². The lowest BCUT2D eigenvalue weighted by Gasteiger charge is -2.12. The number of halogens is 3. The molecule has 3 nitrogen and oxygen atoms in total. The van der Waals surface area contributed by atoms with Gasteiger partial charge in [0.2, 0.25) is 0 Å². The SMILES string of the molecule is CCc1ccccc1NC(=O)Nc1cccc(C(F)(F)F)c1. The Morgan fingerprint density at radius 3 is 2.45 bits per heavy atom. The number of carbonyl (C=O) groups excluding carboxylic acids is 1. The molecule has 0 aromatic heterocycles. The largest absolute Gasteiger partial charge is 0.416 e. The predicted molar refractivity (Wildman–Crippen MR) is 79.9 cm³/mol. The monoisotopic (exact) mass is 308 g/mol. The van der Waals surface area contributed by atoms with Crippen molar-refractivity contribution in [3.05, 3.63) is 59.7 Å². The van der Waals surface area contributed by atoms with Crippen LogP contribution >= 0.6 is 0 Å². The van der Waals surface area contributed by atoms with Crippen molar-refractivity contribution in [1.82, 2.24) is 0 Å². The number of carbonyl (C=O) groups is 1. The van der Waals surface area contributed by atoms with E-state index in [9.17, 15) is 18.0 Å². The molecule has 0 atom stereocenters. The van der Waals surface area contributed by atoms with Crippen LogP contribution in [0.2, 0.25) is 0 Å². The summed E-state index contributed by atoms with van der Waals surface area (Å²) in [5, 5.41) is 5.04. The van der Waals surface area contributed by atoms with E-state index < -0.39 is 17.8 Å². The Labute approximate surface area is 126 Å². The third-order valence-electron chi connectivity index (χ3n) is 3.09. The van der Waals surface area contributed by atoms with E-state index in [1.807, 2.05) is 19.1 Å². The molecule has 0 aliphatic rings. The number of anilines is 2. The maximum atomic E-state index is 12.6. The molecule has 2 rings (SSSR count). The van der Waals surface area contributed by atoms with Crippen molar-refractivity contribution in [2.75, 3.05) is 10.6 Å². The molecule has 0 unspecified atom stereocenters. The maximum Gasteiger partial charge on any atom is 0.416 e. The summed E-state index contributed by atoms with van der Waals surface area (Å²) in [7, 11) is 0. The number of amides is 2. The zero-order chi connectivity index (χ0) is 16.2. The standard InChI is InChI=1S/C16H15F3N2O/c1-2-11-6-3-4-9-14(11)21-15(22)20-13-8-5-7-12(10-13)16(17,18)19/h3-10H,2H2,1H3,(H2,20,21,22). The first-order valence-electron chi connectivity index (χ1n) is 6.73. The highest BCUT2D eigenvalue weighted by atomic mass is 19.4. The van der Waals surface area contributed by atoms with Crippen molar-refractivity contribution < 1.29 is 18.0 Å². The molecule has 0 saturated heterocycles. The highest BCUT2D eigenvalue weighted by Crippen LogP contribution is 2.30. The van der Waals surface area contributed by atoms with Gasteiger partial charge >= 0.3 is 12.2 Å². The van der Waals surface area contributed by atoms with E-state index in [1.165, 1.54) is 12.1 Å². The van der Waals surface area contributed by atoms with E-state index in [1.54, 1.807) is 12.1 Å². The Morgan fingerprint density at radius 1 is 1.05 bits per heavy atom. The van der Waals surface area contributed by atoms with Gasteiger partial charge in [-0.1, -0.05) is 31.2 Å². The van der Waals surface area contributed by atoms with Gasteiger partial charge in [-0.2, -0.15) is 13.2 Å². The number of urea groups is 1. The van der Waals surface area contributed by atoms with Crippen molar-refractivity contribution in [2.24, 2.45) is 0 Å².